The van der Waals surface area contributed by atoms with E-state index < -0.39 is 10.0 Å². The highest BCUT2D eigenvalue weighted by molar-refractivity contribution is 7.89. The molecule has 34 heavy (non-hydrogen) atoms. The number of rotatable bonds is 6. The third-order valence-electron chi connectivity index (χ3n) is 6.27. The van der Waals surface area contributed by atoms with E-state index in [-0.39, 0.29) is 17.0 Å². The molecular formula is C23H25N7O3S. The molecule has 1 aromatic carbocycles. The Balaban J connectivity index is 1.58. The van der Waals surface area contributed by atoms with E-state index in [0.717, 1.165) is 29.6 Å². The molecule has 2 N–H and O–H groups in total. The lowest BCUT2D eigenvalue weighted by Crippen LogP contribution is -2.44. The molecule has 1 atom stereocenters. The van der Waals surface area contributed by atoms with E-state index in [1.807, 2.05) is 24.3 Å². The van der Waals surface area contributed by atoms with Crippen molar-refractivity contribution in [3.63, 3.8) is 0 Å². The van der Waals surface area contributed by atoms with Crippen LogP contribution in [0.25, 0.3) is 28.0 Å². The number of hydrogen-bond donors (Lipinski definition) is 2. The van der Waals surface area contributed by atoms with Crippen molar-refractivity contribution in [3.05, 3.63) is 48.8 Å². The molecule has 0 radical (unpaired) electrons. The fraction of sp³-hybridized carbons (Fsp3) is 0.348. The molecule has 176 valence electrons. The first kappa shape index (κ1) is 21.3. The molecule has 4 heterocycles. The predicted octanol–water partition coefficient (Wildman–Crippen LogP) is 2.48. The van der Waals surface area contributed by atoms with Crippen LogP contribution < -0.4 is 9.62 Å². The minimum atomic E-state index is -3.68. The molecule has 10 nitrogen and oxygen atoms in total. The monoisotopic (exact) mass is 479 g/mol. The van der Waals surface area contributed by atoms with Crippen LogP contribution in [0.2, 0.25) is 0 Å². The first-order chi connectivity index (χ1) is 16.5. The van der Waals surface area contributed by atoms with E-state index >= 15 is 0 Å². The molecule has 1 aliphatic heterocycles. The highest BCUT2D eigenvalue weighted by Gasteiger charge is 2.30. The molecule has 2 aliphatic rings. The summed E-state index contributed by atoms with van der Waals surface area (Å²) < 4.78 is 36.6. The zero-order valence-electron chi connectivity index (χ0n) is 18.7. The molecule has 0 bridgehead atoms. The molecule has 0 spiro atoms. The number of nitrogens with one attached hydrogen (secondary N) is 2. The van der Waals surface area contributed by atoms with E-state index in [0.29, 0.717) is 36.8 Å². The van der Waals surface area contributed by atoms with E-state index in [1.165, 1.54) is 0 Å². The Morgan fingerprint density at radius 2 is 2.03 bits per heavy atom. The van der Waals surface area contributed by atoms with Crippen molar-refractivity contribution in [2.24, 2.45) is 0 Å². The summed E-state index contributed by atoms with van der Waals surface area (Å²) in [4.78, 5) is 7.40. The van der Waals surface area contributed by atoms with E-state index in [1.54, 1.807) is 29.2 Å². The van der Waals surface area contributed by atoms with Crippen LogP contribution in [0, 0.1) is 0 Å². The van der Waals surface area contributed by atoms with Crippen LogP contribution in [-0.2, 0) is 14.8 Å². The summed E-state index contributed by atoms with van der Waals surface area (Å²) in [7, 11) is -3.68. The van der Waals surface area contributed by atoms with Crippen LogP contribution in [-0.4, -0.2) is 65.2 Å². The fourth-order valence-electron chi connectivity index (χ4n) is 4.38. The molecule has 1 aliphatic carbocycles. The maximum Gasteiger partial charge on any atom is 0.241 e. The van der Waals surface area contributed by atoms with Gasteiger partial charge in [-0.3, -0.25) is 5.10 Å². The Bertz CT molecular complexity index is 1440. The number of morpholine rings is 1. The minimum absolute atomic E-state index is 0.0170. The Labute approximate surface area is 197 Å². The smallest absolute Gasteiger partial charge is 0.241 e. The van der Waals surface area contributed by atoms with Crippen molar-refractivity contribution in [2.45, 2.75) is 36.7 Å². The number of pyridine rings is 1. The number of sulfonamides is 1. The van der Waals surface area contributed by atoms with Gasteiger partial charge in [0.25, 0.3) is 0 Å². The fourth-order valence-corrected chi connectivity index (χ4v) is 5.90. The van der Waals surface area contributed by atoms with E-state index in [4.69, 9.17) is 9.72 Å². The Morgan fingerprint density at radius 3 is 2.79 bits per heavy atom. The molecule has 0 unspecified atom stereocenters. The molecule has 6 rings (SSSR count). The maximum atomic E-state index is 13.3. The lowest BCUT2D eigenvalue weighted by molar-refractivity contribution is 0.0985. The van der Waals surface area contributed by atoms with Crippen LogP contribution in [0.4, 0.5) is 5.82 Å². The predicted molar refractivity (Wildman–Crippen MR) is 127 cm³/mol. The number of H-pyrrole nitrogens is 1. The number of nitrogens with zero attached hydrogens (tertiary/aromatic N) is 5. The number of anilines is 1. The highest BCUT2D eigenvalue weighted by atomic mass is 32.2. The normalized spacial score (nSPS) is 19.1. The summed E-state index contributed by atoms with van der Waals surface area (Å²) in [5.41, 5.74) is 2.01. The van der Waals surface area contributed by atoms with Crippen LogP contribution >= 0.6 is 0 Å². The van der Waals surface area contributed by atoms with Crippen molar-refractivity contribution in [2.75, 3.05) is 24.7 Å². The summed E-state index contributed by atoms with van der Waals surface area (Å²) in [5, 5.41) is 12.3. The van der Waals surface area contributed by atoms with Gasteiger partial charge in [0.1, 0.15) is 5.82 Å². The van der Waals surface area contributed by atoms with Gasteiger partial charge in [0.15, 0.2) is 11.5 Å². The standard InChI is InChI=1S/C23H25N7O3S/c1-15-14-33-11-10-29(15)22-12-18(19-13-25-30(23(19)26-22)21-8-9-24-27-21)17-4-2-3-5-20(17)34(31,32)28-16-6-7-16/h2-5,8-9,12-13,15-16,28H,6-7,10-11,14H2,1H3,(H,24,27)/t15-/m1/s1. The zero-order valence-corrected chi connectivity index (χ0v) is 19.5. The SMILES string of the molecule is C[C@@H]1COCCN1c1cc(-c2ccccc2S(=O)(=O)NC2CC2)c2cnn(-c3ccn[nH]3)c2n1. The Morgan fingerprint density at radius 1 is 1.18 bits per heavy atom. The Kier molecular flexibility index (Phi) is 5.12. The number of benzene rings is 1. The second kappa shape index (κ2) is 8.19. The summed E-state index contributed by atoms with van der Waals surface area (Å²) in [6, 6.07) is 11.0. The topological polar surface area (TPSA) is 118 Å². The first-order valence-electron chi connectivity index (χ1n) is 11.4. The quantitative estimate of drug-likeness (QED) is 0.436. The van der Waals surface area contributed by atoms with Crippen molar-refractivity contribution in [1.82, 2.24) is 29.7 Å². The van der Waals surface area contributed by atoms with Crippen molar-refractivity contribution in [1.29, 1.82) is 0 Å². The van der Waals surface area contributed by atoms with Gasteiger partial charge in [0.2, 0.25) is 10.0 Å². The summed E-state index contributed by atoms with van der Waals surface area (Å²) in [6.07, 6.45) is 5.12. The lowest BCUT2D eigenvalue weighted by atomic mass is 10.0. The van der Waals surface area contributed by atoms with Crippen LogP contribution in [0.5, 0.6) is 0 Å². The van der Waals surface area contributed by atoms with Crippen LogP contribution in [0.3, 0.4) is 0 Å². The second-order valence-corrected chi connectivity index (χ2v) is 10.5. The van der Waals surface area contributed by atoms with Gasteiger partial charge in [-0.05, 0) is 37.5 Å². The van der Waals surface area contributed by atoms with Gasteiger partial charge in [0, 0.05) is 29.6 Å². The van der Waals surface area contributed by atoms with Gasteiger partial charge >= 0.3 is 0 Å². The molecule has 4 aromatic rings. The largest absolute Gasteiger partial charge is 0.377 e. The summed E-state index contributed by atoms with van der Waals surface area (Å²) >= 11 is 0. The molecule has 0 amide bonds. The number of fused-ring (bicyclic) bond motifs is 1. The zero-order chi connectivity index (χ0) is 23.3. The molecule has 11 heteroatoms. The van der Waals surface area contributed by atoms with Gasteiger partial charge < -0.3 is 9.64 Å². The second-order valence-electron chi connectivity index (χ2n) is 8.77. The third-order valence-corrected chi connectivity index (χ3v) is 7.85. The lowest BCUT2D eigenvalue weighted by Gasteiger charge is -2.34. The molecule has 1 saturated heterocycles. The highest BCUT2D eigenvalue weighted by Crippen LogP contribution is 2.37. The molecule has 2 fully saturated rings. The van der Waals surface area contributed by atoms with Gasteiger partial charge in [-0.2, -0.15) is 14.9 Å². The average Bonchev–Trinajstić information content (AvgIpc) is 3.30. The van der Waals surface area contributed by atoms with Gasteiger partial charge in [-0.25, -0.2) is 18.1 Å². The minimum Gasteiger partial charge on any atom is -0.377 e. The van der Waals surface area contributed by atoms with Crippen molar-refractivity contribution < 1.29 is 13.2 Å². The van der Waals surface area contributed by atoms with Crippen LogP contribution in [0.1, 0.15) is 19.8 Å². The van der Waals surface area contributed by atoms with Crippen LogP contribution in [0.15, 0.2) is 53.7 Å². The Hall–Kier alpha value is -3.28. The number of hydrogen-bond acceptors (Lipinski definition) is 7. The molecule has 1 saturated carbocycles. The summed E-state index contributed by atoms with van der Waals surface area (Å²) in [5.74, 6) is 1.43. The van der Waals surface area contributed by atoms with Crippen molar-refractivity contribution >= 4 is 26.9 Å². The number of aromatic amines is 1. The number of aromatic nitrogens is 5. The number of ether oxygens (including phenoxy) is 1. The average molecular weight is 480 g/mol. The van der Waals surface area contributed by atoms with Crippen molar-refractivity contribution in [3.8, 4) is 16.9 Å². The molecular weight excluding hydrogens is 454 g/mol. The summed E-state index contributed by atoms with van der Waals surface area (Å²) in [6.45, 7) is 4.00. The third kappa shape index (κ3) is 3.75. The van der Waals surface area contributed by atoms with E-state index in [9.17, 15) is 8.42 Å². The van der Waals surface area contributed by atoms with Gasteiger partial charge in [-0.1, -0.05) is 18.2 Å². The van der Waals surface area contributed by atoms with E-state index in [2.05, 4.69) is 31.8 Å². The molecule has 3 aromatic heterocycles. The van der Waals surface area contributed by atoms with Gasteiger partial charge in [-0.15, -0.1) is 0 Å². The maximum absolute atomic E-state index is 13.3. The first-order valence-corrected chi connectivity index (χ1v) is 12.8. The van der Waals surface area contributed by atoms with Gasteiger partial charge in [0.05, 0.1) is 36.5 Å².